The molecule has 0 fully saturated rings. The number of rotatable bonds is 15. The number of hydrogen-bond donors (Lipinski definition) is 2. The standard InChI is InChI=1S/C28H40N2O7/c1-7-16-35-22(8-2)26(37-20-12-10-9-11-13-20)19(5)36-28(33)21(17-18(3)4)30-27(32)24-25(31)23(34-6)14-15-29-24/h9-15,18-19,21-22,26,31H,7-8,16-17H2,1-6H3,(H,30,32)/t19-,21-,22-,26-/m0/s1. The smallest absolute Gasteiger partial charge is 0.329 e. The summed E-state index contributed by atoms with van der Waals surface area (Å²) in [5.74, 6) is -0.892. The van der Waals surface area contributed by atoms with Crippen molar-refractivity contribution in [1.82, 2.24) is 10.3 Å². The second-order valence-electron chi connectivity index (χ2n) is 9.22. The molecule has 0 saturated carbocycles. The topological polar surface area (TPSA) is 116 Å². The Balaban J connectivity index is 2.23. The summed E-state index contributed by atoms with van der Waals surface area (Å²) in [6.07, 6.45) is 1.63. The number of ether oxygens (including phenoxy) is 4. The number of carbonyl (C=O) groups excluding carboxylic acids is 2. The van der Waals surface area contributed by atoms with Crippen molar-refractivity contribution in [2.24, 2.45) is 5.92 Å². The molecule has 9 heteroatoms. The Bertz CT molecular complexity index is 984. The lowest BCUT2D eigenvalue weighted by molar-refractivity contribution is -0.161. The zero-order valence-corrected chi connectivity index (χ0v) is 22.6. The number of carbonyl (C=O) groups is 2. The molecule has 1 heterocycles. The molecule has 0 aliphatic heterocycles. The number of aromatic hydroxyl groups is 1. The molecule has 37 heavy (non-hydrogen) atoms. The van der Waals surface area contributed by atoms with Crippen molar-refractivity contribution in [3.05, 3.63) is 48.3 Å². The molecular weight excluding hydrogens is 476 g/mol. The van der Waals surface area contributed by atoms with Gasteiger partial charge in [-0.3, -0.25) is 4.79 Å². The Morgan fingerprint density at radius 3 is 2.38 bits per heavy atom. The van der Waals surface area contributed by atoms with Gasteiger partial charge in [0, 0.05) is 18.9 Å². The number of nitrogens with one attached hydrogen (secondary N) is 1. The number of amides is 1. The van der Waals surface area contributed by atoms with Gasteiger partial charge in [-0.1, -0.05) is 45.9 Å². The number of para-hydroxylation sites is 1. The lowest BCUT2D eigenvalue weighted by Gasteiger charge is -2.32. The molecule has 4 atom stereocenters. The molecule has 0 spiro atoms. The first kappa shape index (κ1) is 29.9. The molecule has 0 aliphatic rings. The summed E-state index contributed by atoms with van der Waals surface area (Å²) in [7, 11) is 1.37. The molecule has 0 unspecified atom stereocenters. The first-order valence-corrected chi connectivity index (χ1v) is 12.8. The van der Waals surface area contributed by atoms with Gasteiger partial charge >= 0.3 is 5.97 Å². The number of hydrogen-bond acceptors (Lipinski definition) is 8. The Morgan fingerprint density at radius 1 is 1.08 bits per heavy atom. The van der Waals surface area contributed by atoms with E-state index >= 15 is 0 Å². The van der Waals surface area contributed by atoms with Gasteiger partial charge in [0.2, 0.25) is 0 Å². The van der Waals surface area contributed by atoms with E-state index in [9.17, 15) is 14.7 Å². The van der Waals surface area contributed by atoms with E-state index in [0.717, 1.165) is 6.42 Å². The quantitative estimate of drug-likeness (QED) is 0.332. The largest absolute Gasteiger partial charge is 0.503 e. The van der Waals surface area contributed by atoms with Crippen molar-refractivity contribution in [3.63, 3.8) is 0 Å². The van der Waals surface area contributed by atoms with Gasteiger partial charge in [-0.15, -0.1) is 0 Å². The zero-order valence-electron chi connectivity index (χ0n) is 22.6. The highest BCUT2D eigenvalue weighted by molar-refractivity contribution is 5.97. The Morgan fingerprint density at radius 2 is 1.78 bits per heavy atom. The first-order chi connectivity index (χ1) is 17.7. The van der Waals surface area contributed by atoms with Gasteiger partial charge < -0.3 is 29.4 Å². The maximum absolute atomic E-state index is 13.3. The zero-order chi connectivity index (χ0) is 27.4. The minimum Gasteiger partial charge on any atom is -0.503 e. The molecule has 204 valence electrons. The van der Waals surface area contributed by atoms with Gasteiger partial charge in [0.25, 0.3) is 5.91 Å². The summed E-state index contributed by atoms with van der Waals surface area (Å²) in [6, 6.07) is 9.78. The minimum absolute atomic E-state index is 0.0765. The third-order valence-electron chi connectivity index (χ3n) is 5.70. The fourth-order valence-corrected chi connectivity index (χ4v) is 3.86. The van der Waals surface area contributed by atoms with Crippen LogP contribution in [-0.4, -0.2) is 60.0 Å². The summed E-state index contributed by atoms with van der Waals surface area (Å²) in [6.45, 7) is 10.2. The van der Waals surface area contributed by atoms with E-state index in [4.69, 9.17) is 18.9 Å². The predicted octanol–water partition coefficient (Wildman–Crippen LogP) is 4.52. The van der Waals surface area contributed by atoms with Crippen LogP contribution in [0.15, 0.2) is 42.6 Å². The van der Waals surface area contributed by atoms with Gasteiger partial charge in [0.15, 0.2) is 23.3 Å². The van der Waals surface area contributed by atoms with Crippen LogP contribution in [0.25, 0.3) is 0 Å². The summed E-state index contributed by atoms with van der Waals surface area (Å²) < 4.78 is 23.2. The summed E-state index contributed by atoms with van der Waals surface area (Å²) in [5, 5.41) is 13.0. The second kappa shape index (κ2) is 15.0. The Labute approximate surface area is 219 Å². The number of methoxy groups -OCH3 is 1. The van der Waals surface area contributed by atoms with Gasteiger partial charge in [-0.2, -0.15) is 0 Å². The molecule has 2 N–H and O–H groups in total. The molecule has 0 radical (unpaired) electrons. The molecular formula is C28H40N2O7. The molecule has 2 aromatic rings. The van der Waals surface area contributed by atoms with Gasteiger partial charge in [-0.25, -0.2) is 9.78 Å². The van der Waals surface area contributed by atoms with Crippen molar-refractivity contribution in [2.75, 3.05) is 13.7 Å². The molecule has 2 rings (SSSR count). The first-order valence-electron chi connectivity index (χ1n) is 12.8. The van der Waals surface area contributed by atoms with Crippen molar-refractivity contribution in [1.29, 1.82) is 0 Å². The van der Waals surface area contributed by atoms with E-state index in [1.54, 1.807) is 6.92 Å². The van der Waals surface area contributed by atoms with E-state index < -0.39 is 35.9 Å². The molecule has 1 aromatic heterocycles. The van der Waals surface area contributed by atoms with E-state index in [0.29, 0.717) is 25.2 Å². The molecule has 0 bridgehead atoms. The van der Waals surface area contributed by atoms with Crippen LogP contribution in [0.2, 0.25) is 0 Å². The number of benzene rings is 1. The monoisotopic (exact) mass is 516 g/mol. The lowest BCUT2D eigenvalue weighted by Crippen LogP contribution is -2.48. The van der Waals surface area contributed by atoms with Crippen LogP contribution >= 0.6 is 0 Å². The van der Waals surface area contributed by atoms with E-state index in [1.165, 1.54) is 19.4 Å². The maximum Gasteiger partial charge on any atom is 0.329 e. The van der Waals surface area contributed by atoms with Crippen LogP contribution in [0.4, 0.5) is 0 Å². The van der Waals surface area contributed by atoms with Gasteiger partial charge in [0.1, 0.15) is 17.9 Å². The third kappa shape index (κ3) is 8.93. The van der Waals surface area contributed by atoms with E-state index in [1.807, 2.05) is 58.0 Å². The van der Waals surface area contributed by atoms with Gasteiger partial charge in [-0.05, 0) is 44.2 Å². The predicted molar refractivity (Wildman–Crippen MR) is 140 cm³/mol. The Kier molecular flexibility index (Phi) is 12.2. The Hall–Kier alpha value is -3.33. The van der Waals surface area contributed by atoms with E-state index in [-0.39, 0.29) is 23.5 Å². The number of nitrogens with zero attached hydrogens (tertiary/aromatic N) is 1. The molecule has 1 aromatic carbocycles. The van der Waals surface area contributed by atoms with Crippen molar-refractivity contribution < 1.29 is 33.6 Å². The minimum atomic E-state index is -0.962. The number of esters is 1. The van der Waals surface area contributed by atoms with E-state index in [2.05, 4.69) is 10.3 Å². The fraction of sp³-hybridized carbons (Fsp3) is 0.536. The third-order valence-corrected chi connectivity index (χ3v) is 5.70. The van der Waals surface area contributed by atoms with Gasteiger partial charge in [0.05, 0.1) is 13.2 Å². The number of aromatic nitrogens is 1. The average molecular weight is 517 g/mol. The SMILES string of the molecule is CCCO[C@@H](CC)[C@@H](Oc1ccccc1)[C@H](C)OC(=O)[C@H](CC(C)C)NC(=O)c1nccc(OC)c1O. The highest BCUT2D eigenvalue weighted by Crippen LogP contribution is 2.28. The highest BCUT2D eigenvalue weighted by atomic mass is 16.6. The molecule has 0 aliphatic carbocycles. The van der Waals surface area contributed by atoms with Crippen LogP contribution in [0.5, 0.6) is 17.2 Å². The normalized spacial score (nSPS) is 14.4. The van der Waals surface area contributed by atoms with Crippen LogP contribution < -0.4 is 14.8 Å². The molecule has 1 amide bonds. The summed E-state index contributed by atoms with van der Waals surface area (Å²) in [5.41, 5.74) is -0.238. The van der Waals surface area contributed by atoms with Crippen molar-refractivity contribution in [2.45, 2.75) is 78.2 Å². The highest BCUT2D eigenvalue weighted by Gasteiger charge is 2.34. The summed E-state index contributed by atoms with van der Waals surface area (Å²) >= 11 is 0. The maximum atomic E-state index is 13.3. The van der Waals surface area contributed by atoms with Crippen LogP contribution in [0.3, 0.4) is 0 Å². The van der Waals surface area contributed by atoms with Crippen LogP contribution in [-0.2, 0) is 14.3 Å². The molecule has 0 saturated heterocycles. The second-order valence-corrected chi connectivity index (χ2v) is 9.22. The van der Waals surface area contributed by atoms with Crippen LogP contribution in [0, 0.1) is 5.92 Å². The van der Waals surface area contributed by atoms with Crippen LogP contribution in [0.1, 0.15) is 64.4 Å². The molecule has 9 nitrogen and oxygen atoms in total. The lowest BCUT2D eigenvalue weighted by atomic mass is 10.0. The van der Waals surface area contributed by atoms with Crippen molar-refractivity contribution in [3.8, 4) is 17.2 Å². The average Bonchev–Trinajstić information content (AvgIpc) is 2.88. The van der Waals surface area contributed by atoms with Crippen molar-refractivity contribution >= 4 is 11.9 Å². The summed E-state index contributed by atoms with van der Waals surface area (Å²) in [4.78, 5) is 30.2. The fourth-order valence-electron chi connectivity index (χ4n) is 3.86. The number of pyridine rings is 1.